The molecule has 0 radical (unpaired) electrons. The molecule has 4 aliphatic carbocycles. The lowest BCUT2D eigenvalue weighted by Gasteiger charge is -2.46. The van der Waals surface area contributed by atoms with Crippen LogP contribution in [0, 0.1) is 23.2 Å². The fourth-order valence-corrected chi connectivity index (χ4v) is 11.3. The largest absolute Gasteiger partial charge is 0.446 e. The van der Waals surface area contributed by atoms with E-state index >= 15 is 4.79 Å². The van der Waals surface area contributed by atoms with E-state index in [1.54, 1.807) is 11.3 Å². The molecule has 0 aliphatic heterocycles. The van der Waals surface area contributed by atoms with Gasteiger partial charge in [0.1, 0.15) is 6.10 Å². The maximum atomic E-state index is 15.1. The van der Waals surface area contributed by atoms with Crippen LogP contribution in [0.1, 0.15) is 130 Å². The number of ether oxygens (including phenoxy) is 1. The third-order valence-corrected chi connectivity index (χ3v) is 15.2. The van der Waals surface area contributed by atoms with Crippen LogP contribution in [0.4, 0.5) is 4.79 Å². The number of nitrogens with zero attached hydrogens (tertiary/aromatic N) is 1. The number of benzene rings is 3. The molecule has 2 saturated carbocycles. The van der Waals surface area contributed by atoms with Crippen molar-refractivity contribution in [1.29, 1.82) is 0 Å². The van der Waals surface area contributed by atoms with Gasteiger partial charge in [0.25, 0.3) is 0 Å². The number of aliphatic hydroxyl groups is 2. The molecule has 4 aliphatic rings. The average Bonchev–Trinajstić information content (AvgIpc) is 3.84. The molecule has 7 atom stereocenters. The van der Waals surface area contributed by atoms with Crippen LogP contribution < -0.4 is 0 Å². The van der Waals surface area contributed by atoms with E-state index in [2.05, 4.69) is 64.3 Å². The topological polar surface area (TPSA) is 87.1 Å². The highest BCUT2D eigenvalue weighted by Crippen LogP contribution is 2.59. The Morgan fingerprint density at radius 1 is 0.932 bits per heavy atom. The number of carbonyl (C=O) groups excluding carboxylic acids is 2. The van der Waals surface area contributed by atoms with Crippen LogP contribution in [-0.4, -0.2) is 57.9 Å². The standard InChI is InChI=1S/C52H65NO5S/c1-35(2)42-23-20-37(4)31-48(42)58-50(56)53(29-26-41-16-12-30-59-41)34-52(57)28-25-47-44-24-21-38(32-40(54)22-19-36(3)13-11-27-51(47,52)5)33-46(44)49(55)45-18-10-9-17-43(45)39-14-7-6-8-15-39/h6-10,12-18,21,24,30,33,35,37,40,42,47-48,54,57H,11,19-20,22-23,25-29,31-32,34H2,1-5H3/t37-,40-,42+,47-,48-,51-,52+/m0/s1. The van der Waals surface area contributed by atoms with Crippen molar-refractivity contribution in [3.05, 3.63) is 129 Å². The molecule has 2 bridgehead atoms. The molecule has 314 valence electrons. The SMILES string of the molecule is CC1=CCC[C@@]2(C)[C@@H](CC[C@@]2(O)CN(CCc2cccs2)C(=O)O[C@H]2C[C@@H](C)CC[C@@H]2C(C)C)c2ccc(cc2C(=O)c2ccccc2-c2ccccc2)C[C@@H](O)CC1. The lowest BCUT2D eigenvalue weighted by molar-refractivity contribution is -0.0861. The highest BCUT2D eigenvalue weighted by molar-refractivity contribution is 7.09. The van der Waals surface area contributed by atoms with E-state index in [-0.39, 0.29) is 30.4 Å². The highest BCUT2D eigenvalue weighted by Gasteiger charge is 2.58. The van der Waals surface area contributed by atoms with Crippen LogP contribution in [0.2, 0.25) is 0 Å². The fraction of sp³-hybridized carbons (Fsp3) is 0.500. The van der Waals surface area contributed by atoms with Crippen LogP contribution in [0.15, 0.2) is 102 Å². The maximum absolute atomic E-state index is 15.1. The Morgan fingerprint density at radius 3 is 2.47 bits per heavy atom. The predicted molar refractivity (Wildman–Crippen MR) is 240 cm³/mol. The van der Waals surface area contributed by atoms with E-state index in [4.69, 9.17) is 4.74 Å². The third kappa shape index (κ3) is 9.64. The number of hydrogen-bond donors (Lipinski definition) is 2. The molecule has 6 nitrogen and oxygen atoms in total. The number of rotatable bonds is 10. The van der Waals surface area contributed by atoms with Crippen molar-refractivity contribution in [1.82, 2.24) is 4.90 Å². The third-order valence-electron chi connectivity index (χ3n) is 14.3. The Labute approximate surface area is 356 Å². The molecular formula is C52H65NO5S. The van der Waals surface area contributed by atoms with Gasteiger partial charge in [-0.1, -0.05) is 119 Å². The molecule has 0 saturated heterocycles. The molecule has 59 heavy (non-hydrogen) atoms. The van der Waals surface area contributed by atoms with Gasteiger partial charge in [-0.15, -0.1) is 11.3 Å². The van der Waals surface area contributed by atoms with Gasteiger partial charge in [-0.05, 0) is 135 Å². The summed E-state index contributed by atoms with van der Waals surface area (Å²) in [4.78, 5) is 32.7. The smallest absolute Gasteiger partial charge is 0.410 e. The Morgan fingerprint density at radius 2 is 1.71 bits per heavy atom. The van der Waals surface area contributed by atoms with Gasteiger partial charge in [-0.2, -0.15) is 0 Å². The van der Waals surface area contributed by atoms with Crippen molar-refractivity contribution in [3.8, 4) is 11.1 Å². The molecule has 1 heterocycles. The average molecular weight is 816 g/mol. The first-order valence-electron chi connectivity index (χ1n) is 22.2. The first-order valence-corrected chi connectivity index (χ1v) is 23.1. The molecule has 1 amide bonds. The summed E-state index contributed by atoms with van der Waals surface area (Å²) < 4.78 is 6.52. The molecule has 1 aromatic heterocycles. The molecular weight excluding hydrogens is 751 g/mol. The van der Waals surface area contributed by atoms with Crippen LogP contribution in [0.25, 0.3) is 11.1 Å². The van der Waals surface area contributed by atoms with Crippen molar-refractivity contribution >= 4 is 23.2 Å². The van der Waals surface area contributed by atoms with Gasteiger partial charge in [0.05, 0.1) is 18.2 Å². The molecule has 4 aromatic rings. The number of fused-ring (bicyclic) bond motifs is 8. The number of carbonyl (C=O) groups is 2. The van der Waals surface area contributed by atoms with E-state index in [0.717, 1.165) is 54.4 Å². The highest BCUT2D eigenvalue weighted by atomic mass is 32.1. The Balaban J connectivity index is 1.28. The molecule has 2 fully saturated rings. The van der Waals surface area contributed by atoms with Gasteiger partial charge in [0.2, 0.25) is 0 Å². The number of allylic oxidation sites excluding steroid dienone is 2. The van der Waals surface area contributed by atoms with Gasteiger partial charge in [0, 0.05) is 28.0 Å². The van der Waals surface area contributed by atoms with Gasteiger partial charge in [-0.3, -0.25) is 4.79 Å². The summed E-state index contributed by atoms with van der Waals surface area (Å²) in [5, 5.41) is 26.6. The zero-order valence-corrected chi connectivity index (χ0v) is 36.7. The summed E-state index contributed by atoms with van der Waals surface area (Å²) in [7, 11) is 0. The Bertz CT molecular complexity index is 2080. The van der Waals surface area contributed by atoms with E-state index in [1.165, 1.54) is 10.5 Å². The number of thiophene rings is 1. The second-order valence-electron chi connectivity index (χ2n) is 18.7. The van der Waals surface area contributed by atoms with Crippen molar-refractivity contribution in [3.63, 3.8) is 0 Å². The van der Waals surface area contributed by atoms with Gasteiger partial charge < -0.3 is 19.8 Å². The van der Waals surface area contributed by atoms with Gasteiger partial charge in [0.15, 0.2) is 5.78 Å². The zero-order chi connectivity index (χ0) is 41.7. The molecule has 3 aromatic carbocycles. The van der Waals surface area contributed by atoms with E-state index in [0.29, 0.717) is 74.0 Å². The molecule has 7 heteroatoms. The quantitative estimate of drug-likeness (QED) is 0.123. The molecule has 8 rings (SSSR count). The first kappa shape index (κ1) is 43.1. The van der Waals surface area contributed by atoms with Crippen LogP contribution in [-0.2, 0) is 17.6 Å². The minimum absolute atomic E-state index is 0.0565. The summed E-state index contributed by atoms with van der Waals surface area (Å²) in [6.07, 6.45) is 9.45. The number of hydrogen-bond acceptors (Lipinski definition) is 6. The Hall–Kier alpha value is -4.04. The van der Waals surface area contributed by atoms with Gasteiger partial charge in [-0.25, -0.2) is 4.79 Å². The van der Waals surface area contributed by atoms with E-state index < -0.39 is 17.1 Å². The predicted octanol–water partition coefficient (Wildman–Crippen LogP) is 11.8. The molecule has 0 unspecified atom stereocenters. The second kappa shape index (κ2) is 18.7. The minimum Gasteiger partial charge on any atom is -0.446 e. The molecule has 2 N–H and O–H groups in total. The van der Waals surface area contributed by atoms with Crippen molar-refractivity contribution in [2.45, 2.75) is 129 Å². The number of amides is 1. The summed E-state index contributed by atoms with van der Waals surface area (Å²) in [6, 6.07) is 28.2. The normalized spacial score (nSPS) is 27.5. The van der Waals surface area contributed by atoms with E-state index in [1.807, 2.05) is 71.6 Å². The second-order valence-corrected chi connectivity index (χ2v) is 19.7. The first-order chi connectivity index (χ1) is 28.3. The number of ketones is 1. The minimum atomic E-state index is -1.25. The summed E-state index contributed by atoms with van der Waals surface area (Å²) in [5.74, 6) is 0.997. The van der Waals surface area contributed by atoms with Crippen molar-refractivity contribution in [2.24, 2.45) is 23.2 Å². The summed E-state index contributed by atoms with van der Waals surface area (Å²) in [6.45, 7) is 11.7. The lowest BCUT2D eigenvalue weighted by Crippen LogP contribution is -2.54. The summed E-state index contributed by atoms with van der Waals surface area (Å²) >= 11 is 1.69. The maximum Gasteiger partial charge on any atom is 0.410 e. The fourth-order valence-electron chi connectivity index (χ4n) is 10.6. The number of aliphatic hydroxyl groups excluding tert-OH is 1. The van der Waals surface area contributed by atoms with Crippen LogP contribution in [0.3, 0.4) is 0 Å². The van der Waals surface area contributed by atoms with Crippen molar-refractivity contribution in [2.75, 3.05) is 13.1 Å². The van der Waals surface area contributed by atoms with Gasteiger partial charge >= 0.3 is 6.09 Å². The molecule has 0 spiro atoms. The van der Waals surface area contributed by atoms with Crippen LogP contribution in [0.5, 0.6) is 0 Å². The summed E-state index contributed by atoms with van der Waals surface area (Å²) in [5.41, 5.74) is 4.25. The van der Waals surface area contributed by atoms with E-state index in [9.17, 15) is 15.0 Å². The van der Waals surface area contributed by atoms with Crippen molar-refractivity contribution < 1.29 is 24.5 Å². The monoisotopic (exact) mass is 815 g/mol. The van der Waals surface area contributed by atoms with Crippen LogP contribution >= 0.6 is 11.3 Å². The Kier molecular flexibility index (Phi) is 13.6. The lowest BCUT2D eigenvalue weighted by atomic mass is 9.64. The zero-order valence-electron chi connectivity index (χ0n) is 35.9.